The molecule has 0 saturated carbocycles. The normalized spacial score (nSPS) is 19.4. The van der Waals surface area contributed by atoms with Crippen molar-refractivity contribution in [3.05, 3.63) is 30.1 Å². The van der Waals surface area contributed by atoms with E-state index in [2.05, 4.69) is 27.4 Å². The molecule has 0 radical (unpaired) electrons. The molecule has 94 valence electrons. The third-order valence-corrected chi connectivity index (χ3v) is 3.09. The monoisotopic (exact) mass is 273 g/mol. The van der Waals surface area contributed by atoms with Gasteiger partial charge in [-0.05, 0) is 31.5 Å². The van der Waals surface area contributed by atoms with Gasteiger partial charge in [-0.1, -0.05) is 12.1 Å². The lowest BCUT2D eigenvalue weighted by Crippen LogP contribution is -2.28. The lowest BCUT2D eigenvalue weighted by molar-refractivity contribution is 0.449. The number of hydrogen-bond acceptors (Lipinski definition) is 2. The Morgan fingerprint density at radius 3 is 2.71 bits per heavy atom. The predicted octanol–water partition coefficient (Wildman–Crippen LogP) is 2.87. The van der Waals surface area contributed by atoms with E-state index in [-0.39, 0.29) is 24.8 Å². The van der Waals surface area contributed by atoms with Crippen LogP contribution in [0.3, 0.4) is 0 Å². The van der Waals surface area contributed by atoms with Crippen LogP contribution in [0.25, 0.3) is 11.0 Å². The van der Waals surface area contributed by atoms with Gasteiger partial charge in [-0.15, -0.1) is 24.8 Å². The van der Waals surface area contributed by atoms with Crippen molar-refractivity contribution < 1.29 is 0 Å². The third-order valence-electron chi connectivity index (χ3n) is 3.09. The summed E-state index contributed by atoms with van der Waals surface area (Å²) in [5, 5.41) is 3.42. The number of piperidine rings is 1. The minimum absolute atomic E-state index is 0. The lowest BCUT2D eigenvalue weighted by Gasteiger charge is -2.20. The Labute approximate surface area is 113 Å². The van der Waals surface area contributed by atoms with E-state index >= 15 is 0 Å². The number of fused-ring (bicyclic) bond motifs is 1. The molecule has 3 nitrogen and oxygen atoms in total. The van der Waals surface area contributed by atoms with Crippen molar-refractivity contribution in [2.24, 2.45) is 0 Å². The molecule has 2 heterocycles. The number of aromatic nitrogens is 2. The summed E-state index contributed by atoms with van der Waals surface area (Å²) >= 11 is 0. The Morgan fingerprint density at radius 2 is 2.00 bits per heavy atom. The fourth-order valence-electron chi connectivity index (χ4n) is 2.25. The fourth-order valence-corrected chi connectivity index (χ4v) is 2.25. The first kappa shape index (κ1) is 14.3. The first-order chi connectivity index (χ1) is 7.43. The standard InChI is InChI=1S/C12H15N3.2ClH/c1-2-6-11-10(5-1)14-12(15-11)9-4-3-7-13-8-9;;/h1-2,5-6,9,13H,3-4,7-8H2,(H,14,15);2*1H. The van der Waals surface area contributed by atoms with Gasteiger partial charge in [0.05, 0.1) is 11.0 Å². The van der Waals surface area contributed by atoms with Gasteiger partial charge in [-0.3, -0.25) is 0 Å². The Kier molecular flexibility index (Phi) is 5.25. The minimum Gasteiger partial charge on any atom is -0.342 e. The number of aromatic amines is 1. The average molecular weight is 274 g/mol. The number of benzene rings is 1. The topological polar surface area (TPSA) is 40.7 Å². The van der Waals surface area contributed by atoms with E-state index in [0.29, 0.717) is 5.92 Å². The molecule has 2 aromatic rings. The predicted molar refractivity (Wildman–Crippen MR) is 75.4 cm³/mol. The molecule has 5 heteroatoms. The van der Waals surface area contributed by atoms with Crippen molar-refractivity contribution in [1.82, 2.24) is 15.3 Å². The van der Waals surface area contributed by atoms with Crippen LogP contribution in [-0.4, -0.2) is 23.1 Å². The smallest absolute Gasteiger partial charge is 0.111 e. The lowest BCUT2D eigenvalue weighted by atomic mass is 9.99. The highest BCUT2D eigenvalue weighted by Crippen LogP contribution is 2.22. The van der Waals surface area contributed by atoms with Crippen LogP contribution in [0.5, 0.6) is 0 Å². The van der Waals surface area contributed by atoms with Crippen LogP contribution >= 0.6 is 24.8 Å². The summed E-state index contributed by atoms with van der Waals surface area (Å²) in [5.74, 6) is 1.70. The summed E-state index contributed by atoms with van der Waals surface area (Å²) in [7, 11) is 0. The molecule has 17 heavy (non-hydrogen) atoms. The molecule has 0 spiro atoms. The number of imidazole rings is 1. The second-order valence-electron chi connectivity index (χ2n) is 4.18. The fraction of sp³-hybridized carbons (Fsp3) is 0.417. The van der Waals surface area contributed by atoms with Crippen molar-refractivity contribution in [2.45, 2.75) is 18.8 Å². The minimum atomic E-state index is 0. The van der Waals surface area contributed by atoms with E-state index in [4.69, 9.17) is 0 Å². The number of nitrogens with one attached hydrogen (secondary N) is 2. The van der Waals surface area contributed by atoms with Gasteiger partial charge in [0.1, 0.15) is 5.82 Å². The molecule has 3 rings (SSSR count). The van der Waals surface area contributed by atoms with E-state index in [1.807, 2.05) is 12.1 Å². The molecular weight excluding hydrogens is 257 g/mol. The third kappa shape index (κ3) is 2.92. The van der Waals surface area contributed by atoms with Gasteiger partial charge in [0.2, 0.25) is 0 Å². The summed E-state index contributed by atoms with van der Waals surface area (Å²) in [6.07, 6.45) is 2.49. The highest BCUT2D eigenvalue weighted by molar-refractivity contribution is 5.85. The highest BCUT2D eigenvalue weighted by atomic mass is 35.5. The summed E-state index contributed by atoms with van der Waals surface area (Å²) in [6, 6.07) is 8.23. The quantitative estimate of drug-likeness (QED) is 0.839. The zero-order valence-electron chi connectivity index (χ0n) is 9.48. The molecule has 1 atom stereocenters. The maximum absolute atomic E-state index is 4.64. The first-order valence-electron chi connectivity index (χ1n) is 5.59. The van der Waals surface area contributed by atoms with Gasteiger partial charge < -0.3 is 10.3 Å². The summed E-state index contributed by atoms with van der Waals surface area (Å²) in [5.41, 5.74) is 2.23. The number of rotatable bonds is 1. The van der Waals surface area contributed by atoms with Crippen LogP contribution < -0.4 is 5.32 Å². The Morgan fingerprint density at radius 1 is 1.18 bits per heavy atom. The van der Waals surface area contributed by atoms with E-state index < -0.39 is 0 Å². The van der Waals surface area contributed by atoms with E-state index in [9.17, 15) is 0 Å². The molecule has 1 saturated heterocycles. The number of para-hydroxylation sites is 2. The molecule has 0 bridgehead atoms. The van der Waals surface area contributed by atoms with Gasteiger partial charge in [-0.2, -0.15) is 0 Å². The zero-order valence-corrected chi connectivity index (χ0v) is 11.1. The van der Waals surface area contributed by atoms with E-state index in [1.54, 1.807) is 0 Å². The largest absolute Gasteiger partial charge is 0.342 e. The maximum Gasteiger partial charge on any atom is 0.111 e. The second kappa shape index (κ2) is 6.24. The van der Waals surface area contributed by atoms with Gasteiger partial charge >= 0.3 is 0 Å². The van der Waals surface area contributed by atoms with Crippen LogP contribution in [0.4, 0.5) is 0 Å². The van der Waals surface area contributed by atoms with Crippen LogP contribution in [0.15, 0.2) is 24.3 Å². The first-order valence-corrected chi connectivity index (χ1v) is 5.59. The van der Waals surface area contributed by atoms with Crippen molar-refractivity contribution in [2.75, 3.05) is 13.1 Å². The summed E-state index contributed by atoms with van der Waals surface area (Å²) < 4.78 is 0. The van der Waals surface area contributed by atoms with Crippen LogP contribution in [0, 0.1) is 0 Å². The Bertz CT molecular complexity index is 430. The molecule has 0 aliphatic carbocycles. The number of hydrogen-bond donors (Lipinski definition) is 2. The van der Waals surface area contributed by atoms with Crippen LogP contribution in [0.1, 0.15) is 24.6 Å². The number of halogens is 2. The zero-order chi connectivity index (χ0) is 10.1. The SMILES string of the molecule is Cl.Cl.c1ccc2[nH]c(C3CCCNC3)nc2c1. The van der Waals surface area contributed by atoms with E-state index in [1.165, 1.54) is 12.8 Å². The van der Waals surface area contributed by atoms with Crippen LogP contribution in [0.2, 0.25) is 0 Å². The van der Waals surface area contributed by atoms with Crippen molar-refractivity contribution in [1.29, 1.82) is 0 Å². The van der Waals surface area contributed by atoms with Gasteiger partial charge in [0.25, 0.3) is 0 Å². The molecular formula is C12H17Cl2N3. The van der Waals surface area contributed by atoms with Crippen molar-refractivity contribution in [3.63, 3.8) is 0 Å². The molecule has 2 N–H and O–H groups in total. The Balaban J connectivity index is 0.000000722. The highest BCUT2D eigenvalue weighted by Gasteiger charge is 2.18. The van der Waals surface area contributed by atoms with Gasteiger partial charge in [-0.25, -0.2) is 4.98 Å². The van der Waals surface area contributed by atoms with Crippen molar-refractivity contribution in [3.8, 4) is 0 Å². The molecule has 1 unspecified atom stereocenters. The molecule has 1 fully saturated rings. The molecule has 1 aliphatic rings. The van der Waals surface area contributed by atoms with Gasteiger partial charge in [0.15, 0.2) is 0 Å². The maximum atomic E-state index is 4.64. The molecule has 0 amide bonds. The van der Waals surface area contributed by atoms with Crippen molar-refractivity contribution >= 4 is 35.8 Å². The average Bonchev–Trinajstić information content (AvgIpc) is 2.74. The van der Waals surface area contributed by atoms with Crippen LogP contribution in [-0.2, 0) is 0 Å². The summed E-state index contributed by atoms with van der Waals surface area (Å²) in [6.45, 7) is 2.20. The molecule has 1 aromatic heterocycles. The molecule has 1 aromatic carbocycles. The second-order valence-corrected chi connectivity index (χ2v) is 4.18. The van der Waals surface area contributed by atoms with E-state index in [0.717, 1.165) is 29.9 Å². The summed E-state index contributed by atoms with van der Waals surface area (Å²) in [4.78, 5) is 8.06. The number of H-pyrrole nitrogens is 1. The van der Waals surface area contributed by atoms with Gasteiger partial charge in [0, 0.05) is 12.5 Å². The Hall–Kier alpha value is -0.770. The number of nitrogens with zero attached hydrogens (tertiary/aromatic N) is 1. The molecule has 1 aliphatic heterocycles.